The molecule has 0 N–H and O–H groups in total. The van der Waals surface area contributed by atoms with Gasteiger partial charge in [0.15, 0.2) is 0 Å². The van der Waals surface area contributed by atoms with Crippen LogP contribution >= 0.6 is 22.6 Å². The van der Waals surface area contributed by atoms with Crippen LogP contribution in [0.4, 0.5) is 0 Å². The van der Waals surface area contributed by atoms with Gasteiger partial charge in [0.1, 0.15) is 5.78 Å². The lowest BCUT2D eigenvalue weighted by Gasteiger charge is -2.58. The van der Waals surface area contributed by atoms with Crippen molar-refractivity contribution in [2.24, 2.45) is 34.5 Å². The standard InChI is InChI=1S/C27H43IO2/c1-19(29)23-10-11-24-22-9-8-20-18-21(30-17-7-5-4-6-16-28)12-14-26(20,2)25(22)13-15-27(23,24)3/h8,21-25H,4-7,9-18H2,1-3H3/t21?,22-,23+,24-,25-,26-,27+/m0/s1. The summed E-state index contributed by atoms with van der Waals surface area (Å²) in [7, 11) is 0. The molecule has 3 saturated carbocycles. The lowest BCUT2D eigenvalue weighted by Crippen LogP contribution is -2.51. The minimum atomic E-state index is 0.270. The zero-order valence-electron chi connectivity index (χ0n) is 19.6. The van der Waals surface area contributed by atoms with Gasteiger partial charge in [0, 0.05) is 12.5 Å². The van der Waals surface area contributed by atoms with E-state index in [2.05, 4.69) is 42.5 Å². The highest BCUT2D eigenvalue weighted by molar-refractivity contribution is 14.1. The van der Waals surface area contributed by atoms with E-state index in [1.54, 1.807) is 5.57 Å². The van der Waals surface area contributed by atoms with E-state index in [9.17, 15) is 4.79 Å². The Kier molecular flexibility index (Phi) is 7.39. The topological polar surface area (TPSA) is 26.3 Å². The lowest BCUT2D eigenvalue weighted by atomic mass is 9.47. The third-order valence-electron chi connectivity index (χ3n) is 9.93. The minimum Gasteiger partial charge on any atom is -0.378 e. The van der Waals surface area contributed by atoms with Gasteiger partial charge in [-0.1, -0.05) is 60.9 Å². The maximum absolute atomic E-state index is 12.3. The van der Waals surface area contributed by atoms with Crippen molar-refractivity contribution in [3.05, 3.63) is 11.6 Å². The molecule has 0 aromatic heterocycles. The number of carbonyl (C=O) groups is 1. The first-order chi connectivity index (χ1) is 14.4. The molecule has 4 aliphatic rings. The van der Waals surface area contributed by atoms with Crippen LogP contribution in [0.25, 0.3) is 0 Å². The van der Waals surface area contributed by atoms with Gasteiger partial charge < -0.3 is 4.74 Å². The van der Waals surface area contributed by atoms with Crippen LogP contribution < -0.4 is 0 Å². The fraction of sp³-hybridized carbons (Fsp3) is 0.889. The Bertz CT molecular complexity index is 657. The van der Waals surface area contributed by atoms with Gasteiger partial charge in [-0.15, -0.1) is 0 Å². The summed E-state index contributed by atoms with van der Waals surface area (Å²) in [5, 5.41) is 0. The summed E-state index contributed by atoms with van der Waals surface area (Å²) in [6.07, 6.45) is 18.3. The maximum atomic E-state index is 12.3. The van der Waals surface area contributed by atoms with Crippen LogP contribution in [0.15, 0.2) is 11.6 Å². The largest absolute Gasteiger partial charge is 0.378 e. The van der Waals surface area contributed by atoms with Gasteiger partial charge >= 0.3 is 0 Å². The normalized spacial score (nSPS) is 42.8. The van der Waals surface area contributed by atoms with E-state index in [0.717, 1.165) is 30.8 Å². The maximum Gasteiger partial charge on any atom is 0.133 e. The van der Waals surface area contributed by atoms with Crippen LogP contribution in [-0.4, -0.2) is 22.9 Å². The molecule has 3 fully saturated rings. The number of ketones is 1. The third-order valence-corrected chi connectivity index (χ3v) is 10.7. The molecular weight excluding hydrogens is 483 g/mol. The van der Waals surface area contributed by atoms with Crippen LogP contribution in [-0.2, 0) is 9.53 Å². The minimum absolute atomic E-state index is 0.270. The molecule has 0 bridgehead atoms. The molecule has 0 spiro atoms. The number of alkyl halides is 1. The molecule has 0 heterocycles. The smallest absolute Gasteiger partial charge is 0.133 e. The predicted octanol–water partition coefficient (Wildman–Crippen LogP) is 7.54. The highest BCUT2D eigenvalue weighted by atomic mass is 127. The molecule has 0 aliphatic heterocycles. The Morgan fingerprint density at radius 2 is 1.87 bits per heavy atom. The zero-order valence-corrected chi connectivity index (χ0v) is 21.7. The molecule has 4 aliphatic carbocycles. The van der Waals surface area contributed by atoms with Gasteiger partial charge in [0.2, 0.25) is 0 Å². The Hall–Kier alpha value is 0.1000. The number of rotatable bonds is 8. The molecule has 170 valence electrons. The van der Waals surface area contributed by atoms with Crippen molar-refractivity contribution in [1.29, 1.82) is 0 Å². The molecule has 4 rings (SSSR count). The van der Waals surface area contributed by atoms with Crippen molar-refractivity contribution in [2.45, 2.75) is 104 Å². The summed E-state index contributed by atoms with van der Waals surface area (Å²) < 4.78 is 7.62. The SMILES string of the molecule is CC(=O)[C@H]1CC[C@H]2[C@@H]3CC=C4CC(OCCCCCCI)CC[C@]4(C)[C@H]3CC[C@]12C. The average molecular weight is 527 g/mol. The lowest BCUT2D eigenvalue weighted by molar-refractivity contribution is -0.127. The van der Waals surface area contributed by atoms with Gasteiger partial charge in [-0.25, -0.2) is 0 Å². The number of hydrogen-bond donors (Lipinski definition) is 0. The average Bonchev–Trinajstić information content (AvgIpc) is 3.08. The van der Waals surface area contributed by atoms with Crippen molar-refractivity contribution in [1.82, 2.24) is 0 Å². The molecule has 0 amide bonds. The van der Waals surface area contributed by atoms with Crippen molar-refractivity contribution in [3.63, 3.8) is 0 Å². The first kappa shape index (κ1) is 23.3. The first-order valence-corrected chi connectivity index (χ1v) is 14.3. The molecule has 0 saturated heterocycles. The second-order valence-corrected chi connectivity index (χ2v) is 12.5. The van der Waals surface area contributed by atoms with Crippen molar-refractivity contribution in [3.8, 4) is 0 Å². The Morgan fingerprint density at radius 3 is 2.63 bits per heavy atom. The van der Waals surface area contributed by atoms with E-state index in [0.29, 0.717) is 23.2 Å². The van der Waals surface area contributed by atoms with E-state index < -0.39 is 0 Å². The molecule has 30 heavy (non-hydrogen) atoms. The molecule has 7 atom stereocenters. The molecule has 3 heteroatoms. The second-order valence-electron chi connectivity index (χ2n) is 11.4. The molecule has 0 radical (unpaired) electrons. The number of hydrogen-bond acceptors (Lipinski definition) is 2. The molecule has 2 nitrogen and oxygen atoms in total. The third kappa shape index (κ3) is 4.20. The van der Waals surface area contributed by atoms with Gasteiger partial charge in [-0.3, -0.25) is 4.79 Å². The second kappa shape index (κ2) is 9.53. The van der Waals surface area contributed by atoms with Crippen LogP contribution in [0.3, 0.4) is 0 Å². The van der Waals surface area contributed by atoms with E-state index in [1.807, 2.05) is 6.92 Å². The molecular formula is C27H43IO2. The number of unbranched alkanes of at least 4 members (excludes halogenated alkanes) is 3. The van der Waals surface area contributed by atoms with Crippen LogP contribution in [0, 0.1) is 34.5 Å². The quantitative estimate of drug-likeness (QED) is 0.141. The van der Waals surface area contributed by atoms with E-state index >= 15 is 0 Å². The van der Waals surface area contributed by atoms with Crippen LogP contribution in [0.5, 0.6) is 0 Å². The Balaban J connectivity index is 1.38. The molecule has 1 unspecified atom stereocenters. The highest BCUT2D eigenvalue weighted by Crippen LogP contribution is 2.66. The Morgan fingerprint density at radius 1 is 1.07 bits per heavy atom. The summed E-state index contributed by atoms with van der Waals surface area (Å²) in [4.78, 5) is 12.3. The van der Waals surface area contributed by atoms with Crippen molar-refractivity contribution < 1.29 is 9.53 Å². The van der Waals surface area contributed by atoms with Crippen LogP contribution in [0.2, 0.25) is 0 Å². The summed E-state index contributed by atoms with van der Waals surface area (Å²) >= 11 is 2.48. The number of carbonyl (C=O) groups excluding carboxylic acids is 1. The van der Waals surface area contributed by atoms with E-state index in [-0.39, 0.29) is 5.41 Å². The summed E-state index contributed by atoms with van der Waals surface area (Å²) in [5.74, 6) is 3.16. The number of halogens is 1. The van der Waals surface area contributed by atoms with Crippen LogP contribution in [0.1, 0.15) is 97.8 Å². The van der Waals surface area contributed by atoms with Gasteiger partial charge in [-0.05, 0) is 104 Å². The molecule has 0 aromatic carbocycles. The fourth-order valence-corrected chi connectivity index (χ4v) is 8.78. The predicted molar refractivity (Wildman–Crippen MR) is 133 cm³/mol. The van der Waals surface area contributed by atoms with Gasteiger partial charge in [0.25, 0.3) is 0 Å². The van der Waals surface area contributed by atoms with Gasteiger partial charge in [0.05, 0.1) is 6.10 Å². The fourth-order valence-electron chi connectivity index (χ4n) is 8.24. The Labute approximate surface area is 198 Å². The monoisotopic (exact) mass is 526 g/mol. The highest BCUT2D eigenvalue weighted by Gasteiger charge is 2.59. The zero-order chi connectivity index (χ0) is 21.4. The van der Waals surface area contributed by atoms with Crippen molar-refractivity contribution in [2.75, 3.05) is 11.0 Å². The summed E-state index contributed by atoms with van der Waals surface area (Å²) in [6, 6.07) is 0. The number of ether oxygens (including phenoxy) is 1. The van der Waals surface area contributed by atoms with E-state index in [1.165, 1.54) is 75.1 Å². The summed E-state index contributed by atoms with van der Waals surface area (Å²) in [5.41, 5.74) is 2.38. The number of fused-ring (bicyclic) bond motifs is 5. The van der Waals surface area contributed by atoms with E-state index in [4.69, 9.17) is 4.74 Å². The number of Topliss-reactive ketones (excluding diaryl/α,β-unsaturated/α-hetero) is 1. The van der Waals surface area contributed by atoms with Gasteiger partial charge in [-0.2, -0.15) is 0 Å². The molecule has 0 aromatic rings. The summed E-state index contributed by atoms with van der Waals surface area (Å²) in [6.45, 7) is 7.83. The number of allylic oxidation sites excluding steroid dienone is 1. The van der Waals surface area contributed by atoms with Crippen molar-refractivity contribution >= 4 is 28.4 Å². The first-order valence-electron chi connectivity index (χ1n) is 12.8.